The summed E-state index contributed by atoms with van der Waals surface area (Å²) in [5, 5.41) is 0.419. The van der Waals surface area contributed by atoms with Crippen LogP contribution < -0.4 is 11.3 Å². The summed E-state index contributed by atoms with van der Waals surface area (Å²) in [6.45, 7) is 0. The van der Waals surface area contributed by atoms with E-state index in [9.17, 15) is 4.39 Å². The number of nitrogens with two attached hydrogens (primary N) is 1. The highest BCUT2D eigenvalue weighted by Gasteiger charge is 2.43. The van der Waals surface area contributed by atoms with E-state index in [0.29, 0.717) is 28.8 Å². The van der Waals surface area contributed by atoms with E-state index in [1.807, 2.05) is 6.07 Å². The fourth-order valence-electron chi connectivity index (χ4n) is 3.00. The van der Waals surface area contributed by atoms with E-state index in [4.69, 9.17) is 17.4 Å². The molecule has 0 amide bonds. The standard InChI is InChI=1S/C17H18ClFN2/c18-13-7-6-12(16(19)9-13)8-17(21-20)15-10-14(15)11-4-2-1-3-5-11/h1-7,9,14-15,17,21H,8,10,20H2. The molecule has 1 aliphatic carbocycles. The Morgan fingerprint density at radius 2 is 2.00 bits per heavy atom. The molecule has 0 saturated heterocycles. The first-order valence-electron chi connectivity index (χ1n) is 7.14. The van der Waals surface area contributed by atoms with Gasteiger partial charge in [0, 0.05) is 11.1 Å². The quantitative estimate of drug-likeness (QED) is 0.653. The fourth-order valence-corrected chi connectivity index (χ4v) is 3.16. The van der Waals surface area contributed by atoms with E-state index in [0.717, 1.165) is 6.42 Å². The second-order valence-electron chi connectivity index (χ2n) is 5.63. The van der Waals surface area contributed by atoms with Crippen molar-refractivity contribution in [3.63, 3.8) is 0 Å². The van der Waals surface area contributed by atoms with Crippen molar-refractivity contribution in [3.8, 4) is 0 Å². The van der Waals surface area contributed by atoms with Crippen LogP contribution in [0.4, 0.5) is 4.39 Å². The Kier molecular flexibility index (Phi) is 4.24. The summed E-state index contributed by atoms with van der Waals surface area (Å²) >= 11 is 5.79. The van der Waals surface area contributed by atoms with Crippen molar-refractivity contribution in [1.82, 2.24) is 5.43 Å². The molecule has 3 rings (SSSR count). The van der Waals surface area contributed by atoms with Gasteiger partial charge in [-0.3, -0.25) is 11.3 Å². The van der Waals surface area contributed by atoms with Crippen molar-refractivity contribution in [2.24, 2.45) is 11.8 Å². The summed E-state index contributed by atoms with van der Waals surface area (Å²) in [4.78, 5) is 0. The molecule has 2 aromatic carbocycles. The Morgan fingerprint density at radius 3 is 2.67 bits per heavy atom. The van der Waals surface area contributed by atoms with Crippen molar-refractivity contribution in [2.45, 2.75) is 24.8 Å². The lowest BCUT2D eigenvalue weighted by Gasteiger charge is -2.16. The summed E-state index contributed by atoms with van der Waals surface area (Å²) in [5.41, 5.74) is 4.84. The van der Waals surface area contributed by atoms with Crippen molar-refractivity contribution < 1.29 is 4.39 Å². The third-order valence-electron chi connectivity index (χ3n) is 4.25. The Morgan fingerprint density at radius 1 is 1.24 bits per heavy atom. The number of benzene rings is 2. The molecule has 0 aliphatic heterocycles. The fraction of sp³-hybridized carbons (Fsp3) is 0.294. The van der Waals surface area contributed by atoms with Gasteiger partial charge in [0.05, 0.1) is 0 Å². The molecule has 3 atom stereocenters. The van der Waals surface area contributed by atoms with Gasteiger partial charge in [-0.25, -0.2) is 4.39 Å². The van der Waals surface area contributed by atoms with Crippen LogP contribution in [0.2, 0.25) is 5.02 Å². The monoisotopic (exact) mass is 304 g/mol. The molecule has 1 saturated carbocycles. The molecule has 2 nitrogen and oxygen atoms in total. The Labute approximate surface area is 129 Å². The molecule has 110 valence electrons. The topological polar surface area (TPSA) is 38.0 Å². The summed E-state index contributed by atoms with van der Waals surface area (Å²) in [6, 6.07) is 15.3. The zero-order valence-electron chi connectivity index (χ0n) is 11.6. The number of nitrogens with one attached hydrogen (secondary N) is 1. The van der Waals surface area contributed by atoms with Crippen LogP contribution in [0.1, 0.15) is 23.5 Å². The lowest BCUT2D eigenvalue weighted by atomic mass is 9.99. The number of hydrazine groups is 1. The van der Waals surface area contributed by atoms with Crippen LogP contribution in [-0.4, -0.2) is 6.04 Å². The molecule has 2 aromatic rings. The molecule has 1 aliphatic rings. The van der Waals surface area contributed by atoms with E-state index in [1.165, 1.54) is 11.6 Å². The van der Waals surface area contributed by atoms with Crippen LogP contribution >= 0.6 is 11.6 Å². The average Bonchev–Trinajstić information content (AvgIpc) is 3.28. The van der Waals surface area contributed by atoms with Gasteiger partial charge in [-0.2, -0.15) is 0 Å². The summed E-state index contributed by atoms with van der Waals surface area (Å²) in [5.74, 6) is 6.39. The maximum atomic E-state index is 13.9. The van der Waals surface area contributed by atoms with Gasteiger partial charge in [0.2, 0.25) is 0 Å². The predicted molar refractivity (Wildman–Crippen MR) is 83.5 cm³/mol. The maximum Gasteiger partial charge on any atom is 0.127 e. The molecule has 1 fully saturated rings. The highest BCUT2D eigenvalue weighted by Crippen LogP contribution is 2.49. The average molecular weight is 305 g/mol. The van der Waals surface area contributed by atoms with E-state index in [2.05, 4.69) is 29.7 Å². The lowest BCUT2D eigenvalue weighted by Crippen LogP contribution is -2.39. The van der Waals surface area contributed by atoms with E-state index < -0.39 is 0 Å². The zero-order chi connectivity index (χ0) is 14.8. The minimum atomic E-state index is -0.264. The van der Waals surface area contributed by atoms with Gasteiger partial charge >= 0.3 is 0 Å². The highest BCUT2D eigenvalue weighted by molar-refractivity contribution is 6.30. The van der Waals surface area contributed by atoms with Crippen LogP contribution in [0.25, 0.3) is 0 Å². The third-order valence-corrected chi connectivity index (χ3v) is 4.49. The van der Waals surface area contributed by atoms with Crippen LogP contribution in [0.3, 0.4) is 0 Å². The van der Waals surface area contributed by atoms with Crippen molar-refractivity contribution in [2.75, 3.05) is 0 Å². The first-order valence-corrected chi connectivity index (χ1v) is 7.52. The Bertz CT molecular complexity index is 617. The zero-order valence-corrected chi connectivity index (χ0v) is 12.4. The van der Waals surface area contributed by atoms with Crippen LogP contribution in [0.5, 0.6) is 0 Å². The number of hydrogen-bond donors (Lipinski definition) is 2. The highest BCUT2D eigenvalue weighted by atomic mass is 35.5. The van der Waals surface area contributed by atoms with Gasteiger partial charge in [-0.15, -0.1) is 0 Å². The van der Waals surface area contributed by atoms with Gasteiger partial charge in [0.15, 0.2) is 0 Å². The number of halogens is 2. The van der Waals surface area contributed by atoms with Gasteiger partial charge in [0.25, 0.3) is 0 Å². The Balaban J connectivity index is 1.70. The Hall–Kier alpha value is -1.42. The minimum Gasteiger partial charge on any atom is -0.271 e. The van der Waals surface area contributed by atoms with E-state index >= 15 is 0 Å². The summed E-state index contributed by atoms with van der Waals surface area (Å²) < 4.78 is 13.9. The maximum absolute atomic E-state index is 13.9. The van der Waals surface area contributed by atoms with Gasteiger partial charge in [0.1, 0.15) is 5.82 Å². The van der Waals surface area contributed by atoms with Crippen molar-refractivity contribution in [3.05, 3.63) is 70.5 Å². The van der Waals surface area contributed by atoms with Crippen LogP contribution in [0.15, 0.2) is 48.5 Å². The second-order valence-corrected chi connectivity index (χ2v) is 6.07. The largest absolute Gasteiger partial charge is 0.271 e. The molecule has 3 N–H and O–H groups in total. The smallest absolute Gasteiger partial charge is 0.127 e. The predicted octanol–water partition coefficient (Wildman–Crippen LogP) is 3.66. The van der Waals surface area contributed by atoms with Crippen molar-refractivity contribution >= 4 is 11.6 Å². The van der Waals surface area contributed by atoms with Crippen LogP contribution in [0, 0.1) is 11.7 Å². The lowest BCUT2D eigenvalue weighted by molar-refractivity contribution is 0.455. The first-order chi connectivity index (χ1) is 10.2. The SMILES string of the molecule is NNC(Cc1ccc(Cl)cc1F)C1CC1c1ccccc1. The molecular weight excluding hydrogens is 287 g/mol. The van der Waals surface area contributed by atoms with Gasteiger partial charge in [-0.05, 0) is 47.9 Å². The minimum absolute atomic E-state index is 0.0749. The molecular formula is C17H18ClFN2. The van der Waals surface area contributed by atoms with E-state index in [-0.39, 0.29) is 11.9 Å². The third kappa shape index (κ3) is 3.26. The molecule has 4 heteroatoms. The number of rotatable bonds is 5. The summed E-state index contributed by atoms with van der Waals surface area (Å²) in [6.07, 6.45) is 1.67. The van der Waals surface area contributed by atoms with Gasteiger partial charge in [-0.1, -0.05) is 48.0 Å². The van der Waals surface area contributed by atoms with Gasteiger partial charge < -0.3 is 0 Å². The molecule has 0 bridgehead atoms. The molecule has 3 unspecified atom stereocenters. The second kappa shape index (κ2) is 6.14. The molecule has 0 radical (unpaired) electrons. The molecule has 21 heavy (non-hydrogen) atoms. The molecule has 0 aromatic heterocycles. The molecule has 0 heterocycles. The number of hydrogen-bond acceptors (Lipinski definition) is 2. The summed E-state index contributed by atoms with van der Waals surface area (Å²) in [7, 11) is 0. The van der Waals surface area contributed by atoms with Crippen LogP contribution in [-0.2, 0) is 6.42 Å². The first kappa shape index (κ1) is 14.5. The molecule has 0 spiro atoms. The normalized spacial score (nSPS) is 22.0. The van der Waals surface area contributed by atoms with Crippen molar-refractivity contribution in [1.29, 1.82) is 0 Å². The van der Waals surface area contributed by atoms with E-state index in [1.54, 1.807) is 12.1 Å².